The van der Waals surface area contributed by atoms with Crippen molar-refractivity contribution >= 4 is 17.5 Å². The summed E-state index contributed by atoms with van der Waals surface area (Å²) in [7, 11) is 0. The van der Waals surface area contributed by atoms with E-state index in [2.05, 4.69) is 20.9 Å². The van der Waals surface area contributed by atoms with Crippen molar-refractivity contribution in [2.24, 2.45) is 0 Å². The van der Waals surface area contributed by atoms with Crippen molar-refractivity contribution in [3.8, 4) is 0 Å². The Morgan fingerprint density at radius 2 is 1.91 bits per heavy atom. The molecule has 0 atom stereocenters. The van der Waals surface area contributed by atoms with E-state index in [1.807, 2.05) is 31.2 Å². The Hall–Kier alpha value is -1.92. The minimum Gasteiger partial charge on any atom is -0.346 e. The molecular formula is C16H24N4O2. The molecule has 1 aromatic rings. The van der Waals surface area contributed by atoms with E-state index in [0.717, 1.165) is 43.9 Å². The van der Waals surface area contributed by atoms with Crippen LogP contribution >= 0.6 is 0 Å². The summed E-state index contributed by atoms with van der Waals surface area (Å²) in [5, 5.41) is 8.76. The number of hydrogen-bond donors (Lipinski definition) is 3. The Bertz CT molecular complexity index is 513. The van der Waals surface area contributed by atoms with Gasteiger partial charge in [-0.1, -0.05) is 25.1 Å². The zero-order chi connectivity index (χ0) is 15.8. The first-order valence-electron chi connectivity index (χ1n) is 7.76. The standard InChI is InChI=1S/C16H24N4O2/c1-2-13-5-3-4-6-14(13)19-15(21)11-18-16(22)12-20-9-7-17-8-10-20/h3-6,17H,2,7-12H2,1H3,(H,18,22)(H,19,21). The SMILES string of the molecule is CCc1ccccc1NC(=O)CNC(=O)CN1CCNCC1. The van der Waals surface area contributed by atoms with Crippen LogP contribution in [0.15, 0.2) is 24.3 Å². The fourth-order valence-corrected chi connectivity index (χ4v) is 2.45. The molecule has 1 aromatic carbocycles. The lowest BCUT2D eigenvalue weighted by molar-refractivity contribution is -0.125. The van der Waals surface area contributed by atoms with Crippen LogP contribution in [0.2, 0.25) is 0 Å². The van der Waals surface area contributed by atoms with Crippen molar-refractivity contribution < 1.29 is 9.59 Å². The van der Waals surface area contributed by atoms with Gasteiger partial charge in [0, 0.05) is 31.9 Å². The maximum absolute atomic E-state index is 11.9. The second-order valence-electron chi connectivity index (χ2n) is 5.36. The Morgan fingerprint density at radius 1 is 1.18 bits per heavy atom. The number of carbonyl (C=O) groups is 2. The second kappa shape index (κ2) is 8.51. The van der Waals surface area contributed by atoms with Gasteiger partial charge in [0.25, 0.3) is 0 Å². The molecule has 1 aliphatic rings. The molecule has 1 saturated heterocycles. The van der Waals surface area contributed by atoms with Crippen LogP contribution in [0.1, 0.15) is 12.5 Å². The van der Waals surface area contributed by atoms with Gasteiger partial charge >= 0.3 is 0 Å². The summed E-state index contributed by atoms with van der Waals surface area (Å²) in [4.78, 5) is 25.8. The van der Waals surface area contributed by atoms with E-state index in [9.17, 15) is 9.59 Å². The number of carbonyl (C=O) groups excluding carboxylic acids is 2. The molecule has 0 radical (unpaired) electrons. The molecule has 0 aliphatic carbocycles. The maximum Gasteiger partial charge on any atom is 0.243 e. The first-order chi connectivity index (χ1) is 10.7. The summed E-state index contributed by atoms with van der Waals surface area (Å²) in [6, 6.07) is 7.69. The number of nitrogens with one attached hydrogen (secondary N) is 3. The quantitative estimate of drug-likeness (QED) is 0.702. The van der Waals surface area contributed by atoms with E-state index in [4.69, 9.17) is 0 Å². The molecule has 0 spiro atoms. The van der Waals surface area contributed by atoms with Crippen LogP contribution < -0.4 is 16.0 Å². The van der Waals surface area contributed by atoms with Gasteiger partial charge in [-0.05, 0) is 18.1 Å². The molecule has 120 valence electrons. The molecule has 1 heterocycles. The highest BCUT2D eigenvalue weighted by molar-refractivity contribution is 5.95. The van der Waals surface area contributed by atoms with Crippen LogP contribution in [0.25, 0.3) is 0 Å². The number of aryl methyl sites for hydroxylation is 1. The molecule has 22 heavy (non-hydrogen) atoms. The maximum atomic E-state index is 11.9. The van der Waals surface area contributed by atoms with E-state index >= 15 is 0 Å². The number of nitrogens with zero attached hydrogens (tertiary/aromatic N) is 1. The third kappa shape index (κ3) is 5.13. The average molecular weight is 304 g/mol. The molecule has 3 N–H and O–H groups in total. The van der Waals surface area contributed by atoms with Gasteiger partial charge in [-0.3, -0.25) is 14.5 Å². The fourth-order valence-electron chi connectivity index (χ4n) is 2.45. The number of anilines is 1. The van der Waals surface area contributed by atoms with Crippen molar-refractivity contribution in [1.82, 2.24) is 15.5 Å². The largest absolute Gasteiger partial charge is 0.346 e. The zero-order valence-electron chi connectivity index (χ0n) is 13.0. The molecule has 1 fully saturated rings. The molecule has 2 amide bonds. The Balaban J connectivity index is 1.73. The molecule has 6 heteroatoms. The minimum atomic E-state index is -0.199. The van der Waals surface area contributed by atoms with Gasteiger partial charge in [0.15, 0.2) is 0 Å². The Kier molecular flexibility index (Phi) is 6.36. The van der Waals surface area contributed by atoms with Gasteiger partial charge < -0.3 is 16.0 Å². The van der Waals surface area contributed by atoms with Crippen LogP contribution in [0.4, 0.5) is 5.69 Å². The van der Waals surface area contributed by atoms with Crippen LogP contribution in [0.5, 0.6) is 0 Å². The Morgan fingerprint density at radius 3 is 2.64 bits per heavy atom. The molecule has 0 aromatic heterocycles. The monoisotopic (exact) mass is 304 g/mol. The van der Waals surface area contributed by atoms with Crippen LogP contribution in [0, 0.1) is 0 Å². The van der Waals surface area contributed by atoms with Crippen LogP contribution in [-0.4, -0.2) is 56.0 Å². The first-order valence-corrected chi connectivity index (χ1v) is 7.76. The van der Waals surface area contributed by atoms with Gasteiger partial charge in [-0.2, -0.15) is 0 Å². The molecule has 0 unspecified atom stereocenters. The topological polar surface area (TPSA) is 73.5 Å². The second-order valence-corrected chi connectivity index (χ2v) is 5.36. The van der Waals surface area contributed by atoms with Crippen molar-refractivity contribution in [2.75, 3.05) is 44.6 Å². The van der Waals surface area contributed by atoms with Gasteiger partial charge in [-0.15, -0.1) is 0 Å². The molecule has 2 rings (SSSR count). The van der Waals surface area contributed by atoms with Crippen molar-refractivity contribution in [2.45, 2.75) is 13.3 Å². The highest BCUT2D eigenvalue weighted by Gasteiger charge is 2.14. The number of piperazine rings is 1. The van der Waals surface area contributed by atoms with E-state index in [1.165, 1.54) is 0 Å². The van der Waals surface area contributed by atoms with Gasteiger partial charge in [-0.25, -0.2) is 0 Å². The van der Waals surface area contributed by atoms with Gasteiger partial charge in [0.2, 0.25) is 11.8 Å². The lowest BCUT2D eigenvalue weighted by atomic mass is 10.1. The molecule has 0 saturated carbocycles. The first kappa shape index (κ1) is 16.5. The number of hydrogen-bond acceptors (Lipinski definition) is 4. The molecular weight excluding hydrogens is 280 g/mol. The summed E-state index contributed by atoms with van der Waals surface area (Å²) in [5.74, 6) is -0.310. The Labute approximate surface area is 131 Å². The van der Waals surface area contributed by atoms with Crippen LogP contribution in [0.3, 0.4) is 0 Å². The number of amides is 2. The zero-order valence-corrected chi connectivity index (χ0v) is 13.0. The highest BCUT2D eigenvalue weighted by atomic mass is 16.2. The molecule has 0 bridgehead atoms. The third-order valence-electron chi connectivity index (χ3n) is 3.70. The predicted octanol–water partition coefficient (Wildman–Crippen LogP) is 0.209. The highest BCUT2D eigenvalue weighted by Crippen LogP contribution is 2.14. The summed E-state index contributed by atoms with van der Waals surface area (Å²) in [6.07, 6.45) is 0.853. The van der Waals surface area contributed by atoms with Crippen LogP contribution in [-0.2, 0) is 16.0 Å². The molecule has 6 nitrogen and oxygen atoms in total. The normalized spacial score (nSPS) is 15.3. The minimum absolute atomic E-state index is 0.00295. The fraction of sp³-hybridized carbons (Fsp3) is 0.500. The number of rotatable bonds is 6. The lowest BCUT2D eigenvalue weighted by Gasteiger charge is -2.26. The number of para-hydroxylation sites is 1. The average Bonchev–Trinajstić information content (AvgIpc) is 2.54. The van der Waals surface area contributed by atoms with Crippen molar-refractivity contribution in [3.63, 3.8) is 0 Å². The van der Waals surface area contributed by atoms with E-state index < -0.39 is 0 Å². The smallest absolute Gasteiger partial charge is 0.243 e. The van der Waals surface area contributed by atoms with E-state index in [0.29, 0.717) is 6.54 Å². The summed E-state index contributed by atoms with van der Waals surface area (Å²) in [6.45, 7) is 5.93. The van der Waals surface area contributed by atoms with Crippen molar-refractivity contribution in [1.29, 1.82) is 0 Å². The third-order valence-corrected chi connectivity index (χ3v) is 3.70. The lowest BCUT2D eigenvalue weighted by Crippen LogP contribution is -2.48. The van der Waals surface area contributed by atoms with Gasteiger partial charge in [0.05, 0.1) is 13.1 Å². The van der Waals surface area contributed by atoms with Gasteiger partial charge in [0.1, 0.15) is 0 Å². The summed E-state index contributed by atoms with van der Waals surface area (Å²) < 4.78 is 0. The van der Waals surface area contributed by atoms with Crippen molar-refractivity contribution in [3.05, 3.63) is 29.8 Å². The van der Waals surface area contributed by atoms with E-state index in [1.54, 1.807) is 0 Å². The molecule has 1 aliphatic heterocycles. The predicted molar refractivity (Wildman–Crippen MR) is 86.8 cm³/mol. The van der Waals surface area contributed by atoms with E-state index in [-0.39, 0.29) is 18.4 Å². The summed E-state index contributed by atoms with van der Waals surface area (Å²) in [5.41, 5.74) is 1.90. The summed E-state index contributed by atoms with van der Waals surface area (Å²) >= 11 is 0. The number of benzene rings is 1.